The van der Waals surface area contributed by atoms with E-state index in [1.807, 2.05) is 17.5 Å². The van der Waals surface area contributed by atoms with Gasteiger partial charge in [0.2, 0.25) is 0 Å². The van der Waals surface area contributed by atoms with E-state index in [-0.39, 0.29) is 23.4 Å². The number of hydrogen-bond donors (Lipinski definition) is 1. The molecule has 0 aliphatic rings. The second-order valence-electron chi connectivity index (χ2n) is 4.28. The summed E-state index contributed by atoms with van der Waals surface area (Å²) in [7, 11) is 1.36. The maximum atomic E-state index is 11.5. The second-order valence-corrected chi connectivity index (χ2v) is 6.15. The monoisotopic (exact) mass is 326 g/mol. The lowest BCUT2D eigenvalue weighted by molar-refractivity contribution is -0.380. The molecule has 1 unspecified atom stereocenters. The second kappa shape index (κ2) is 7.30. The van der Waals surface area contributed by atoms with E-state index in [2.05, 4.69) is 5.32 Å². The zero-order valence-corrected chi connectivity index (χ0v) is 12.9. The van der Waals surface area contributed by atoms with Crippen LogP contribution in [0.1, 0.15) is 22.9 Å². The molecule has 0 saturated carbocycles. The van der Waals surface area contributed by atoms with E-state index in [0.717, 1.165) is 21.8 Å². The number of nitrogens with one attached hydrogen (secondary N) is 1. The molecule has 1 atom stereocenters. The third-order valence-electron chi connectivity index (χ3n) is 2.86. The van der Waals surface area contributed by atoms with Gasteiger partial charge in [0.1, 0.15) is 0 Å². The molecule has 1 N–H and O–H groups in total. The molecule has 112 valence electrons. The molecule has 0 fully saturated rings. The van der Waals surface area contributed by atoms with Crippen LogP contribution in [0, 0.1) is 10.1 Å². The van der Waals surface area contributed by atoms with Crippen LogP contribution in [-0.2, 0) is 16.1 Å². The Hall–Kier alpha value is -1.77. The quantitative estimate of drug-likeness (QED) is 0.480. The van der Waals surface area contributed by atoms with E-state index in [1.54, 1.807) is 22.8 Å². The molecule has 0 aliphatic heterocycles. The van der Waals surface area contributed by atoms with Crippen molar-refractivity contribution in [3.63, 3.8) is 0 Å². The maximum absolute atomic E-state index is 11.5. The largest absolute Gasteiger partial charge is 0.469 e. The lowest BCUT2D eigenvalue weighted by Gasteiger charge is -2.15. The Morgan fingerprint density at radius 3 is 2.90 bits per heavy atom. The number of carbonyl (C=O) groups is 1. The fraction of sp³-hybridized carbons (Fsp3) is 0.308. The lowest BCUT2D eigenvalue weighted by Crippen LogP contribution is -2.23. The standard InChI is InChI=1S/C13H14N2O4S2/c1-19-13(16)6-10(11-3-2-4-20-11)14-7-9-5-12(15(17)18)21-8-9/h2-5,8,10,14H,6-7H2,1H3. The fourth-order valence-corrected chi connectivity index (χ4v) is 3.34. The minimum absolute atomic E-state index is 0.118. The highest BCUT2D eigenvalue weighted by atomic mass is 32.1. The zero-order valence-electron chi connectivity index (χ0n) is 11.3. The molecule has 0 aromatic carbocycles. The van der Waals surface area contributed by atoms with Crippen molar-refractivity contribution in [2.45, 2.75) is 19.0 Å². The summed E-state index contributed by atoms with van der Waals surface area (Å²) in [5.41, 5.74) is 0.832. The summed E-state index contributed by atoms with van der Waals surface area (Å²) in [4.78, 5) is 22.8. The van der Waals surface area contributed by atoms with Gasteiger partial charge < -0.3 is 10.1 Å². The fourth-order valence-electron chi connectivity index (χ4n) is 1.81. The minimum Gasteiger partial charge on any atom is -0.469 e. The highest BCUT2D eigenvalue weighted by molar-refractivity contribution is 7.13. The molecule has 0 bridgehead atoms. The summed E-state index contributed by atoms with van der Waals surface area (Å²) >= 11 is 2.65. The van der Waals surface area contributed by atoms with Crippen molar-refractivity contribution in [1.29, 1.82) is 0 Å². The Labute approximate surface area is 129 Å². The first-order chi connectivity index (χ1) is 10.1. The van der Waals surface area contributed by atoms with Gasteiger partial charge in [0.05, 0.1) is 24.5 Å². The molecule has 0 spiro atoms. The van der Waals surface area contributed by atoms with Crippen LogP contribution in [-0.4, -0.2) is 18.0 Å². The average molecular weight is 326 g/mol. The lowest BCUT2D eigenvalue weighted by atomic mass is 10.1. The summed E-state index contributed by atoms with van der Waals surface area (Å²) in [6, 6.07) is 5.25. The van der Waals surface area contributed by atoms with Crippen LogP contribution in [0.25, 0.3) is 0 Å². The van der Waals surface area contributed by atoms with Gasteiger partial charge in [0.15, 0.2) is 0 Å². The summed E-state index contributed by atoms with van der Waals surface area (Å²) in [5, 5.41) is 17.7. The number of esters is 1. The van der Waals surface area contributed by atoms with Gasteiger partial charge in [-0.25, -0.2) is 0 Å². The highest BCUT2D eigenvalue weighted by Gasteiger charge is 2.18. The number of rotatable bonds is 7. The van der Waals surface area contributed by atoms with Gasteiger partial charge >= 0.3 is 11.0 Å². The Bertz CT molecular complexity index is 609. The molecule has 2 rings (SSSR count). The Balaban J connectivity index is 2.01. The number of methoxy groups -OCH3 is 1. The highest BCUT2D eigenvalue weighted by Crippen LogP contribution is 2.25. The number of ether oxygens (including phenoxy) is 1. The first kappa shape index (κ1) is 15.6. The van der Waals surface area contributed by atoms with Crippen molar-refractivity contribution in [1.82, 2.24) is 5.32 Å². The van der Waals surface area contributed by atoms with E-state index in [0.29, 0.717) is 6.54 Å². The molecule has 0 radical (unpaired) electrons. The van der Waals surface area contributed by atoms with Crippen molar-refractivity contribution >= 4 is 33.6 Å². The van der Waals surface area contributed by atoms with Crippen LogP contribution in [0.15, 0.2) is 29.0 Å². The van der Waals surface area contributed by atoms with Crippen LogP contribution in [0.2, 0.25) is 0 Å². The smallest absolute Gasteiger partial charge is 0.324 e. The first-order valence-corrected chi connectivity index (χ1v) is 7.91. The molecule has 0 saturated heterocycles. The van der Waals surface area contributed by atoms with Gasteiger partial charge in [-0.15, -0.1) is 11.3 Å². The third-order valence-corrected chi connectivity index (χ3v) is 4.77. The molecule has 0 aliphatic carbocycles. The molecule has 0 amide bonds. The summed E-state index contributed by atoms with van der Waals surface area (Å²) in [6.07, 6.45) is 0.225. The SMILES string of the molecule is COC(=O)CC(NCc1csc([N+](=O)[O-])c1)c1cccs1. The summed E-state index contributed by atoms with van der Waals surface area (Å²) in [6.45, 7) is 0.462. The van der Waals surface area contributed by atoms with E-state index in [9.17, 15) is 14.9 Å². The molecule has 2 aromatic heterocycles. The van der Waals surface area contributed by atoms with Gasteiger partial charge in [-0.3, -0.25) is 14.9 Å². The molecule has 8 heteroatoms. The normalized spacial score (nSPS) is 12.0. The number of nitrogens with zero attached hydrogens (tertiary/aromatic N) is 1. The average Bonchev–Trinajstić information content (AvgIpc) is 3.14. The van der Waals surface area contributed by atoms with Crippen LogP contribution in [0.5, 0.6) is 0 Å². The van der Waals surface area contributed by atoms with Crippen LogP contribution >= 0.6 is 22.7 Å². The maximum Gasteiger partial charge on any atom is 0.324 e. The number of hydrogen-bond acceptors (Lipinski definition) is 7. The van der Waals surface area contributed by atoms with Crippen molar-refractivity contribution in [3.05, 3.63) is 49.5 Å². The van der Waals surface area contributed by atoms with Crippen LogP contribution < -0.4 is 5.32 Å². The van der Waals surface area contributed by atoms with Crippen LogP contribution in [0.4, 0.5) is 5.00 Å². The first-order valence-electron chi connectivity index (χ1n) is 6.15. The van der Waals surface area contributed by atoms with Gasteiger partial charge in [-0.1, -0.05) is 17.4 Å². The molecular weight excluding hydrogens is 312 g/mol. The van der Waals surface area contributed by atoms with Gasteiger partial charge in [0.25, 0.3) is 0 Å². The predicted octanol–water partition coefficient (Wildman–Crippen LogP) is 3.11. The Morgan fingerprint density at radius 1 is 1.52 bits per heavy atom. The number of nitro groups is 1. The van der Waals surface area contributed by atoms with Crippen molar-refractivity contribution in [2.75, 3.05) is 7.11 Å². The zero-order chi connectivity index (χ0) is 15.2. The van der Waals surface area contributed by atoms with Crippen molar-refractivity contribution < 1.29 is 14.5 Å². The minimum atomic E-state index is -0.403. The van der Waals surface area contributed by atoms with Gasteiger partial charge in [-0.2, -0.15) is 0 Å². The molecule has 2 aromatic rings. The van der Waals surface area contributed by atoms with Gasteiger partial charge in [0, 0.05) is 22.9 Å². The third kappa shape index (κ3) is 4.35. The summed E-state index contributed by atoms with van der Waals surface area (Å²) < 4.78 is 4.70. The van der Waals surface area contributed by atoms with E-state index in [4.69, 9.17) is 4.74 Å². The van der Waals surface area contributed by atoms with Crippen molar-refractivity contribution in [2.24, 2.45) is 0 Å². The number of carbonyl (C=O) groups excluding carboxylic acids is 1. The molecule has 2 heterocycles. The predicted molar refractivity (Wildman–Crippen MR) is 81.5 cm³/mol. The van der Waals surface area contributed by atoms with E-state index in [1.165, 1.54) is 7.11 Å². The Morgan fingerprint density at radius 2 is 2.33 bits per heavy atom. The molecule has 6 nitrogen and oxygen atoms in total. The Kier molecular flexibility index (Phi) is 5.43. The van der Waals surface area contributed by atoms with Crippen LogP contribution in [0.3, 0.4) is 0 Å². The number of thiophene rings is 2. The topological polar surface area (TPSA) is 81.5 Å². The van der Waals surface area contributed by atoms with Crippen molar-refractivity contribution in [3.8, 4) is 0 Å². The van der Waals surface area contributed by atoms with E-state index < -0.39 is 4.92 Å². The molecular formula is C13H14N2O4S2. The van der Waals surface area contributed by atoms with E-state index >= 15 is 0 Å². The van der Waals surface area contributed by atoms with Gasteiger partial charge in [-0.05, 0) is 17.0 Å². The molecule has 21 heavy (non-hydrogen) atoms. The summed E-state index contributed by atoms with van der Waals surface area (Å²) in [5.74, 6) is -0.294.